The summed E-state index contributed by atoms with van der Waals surface area (Å²) >= 11 is 0. The Balaban J connectivity index is 1.31. The fourth-order valence-corrected chi connectivity index (χ4v) is 7.11. The number of aromatic nitrogens is 1. The molecule has 4 heterocycles. The molecule has 1 atom stereocenters. The van der Waals surface area contributed by atoms with Crippen LogP contribution in [0.4, 0.5) is 5.82 Å². The summed E-state index contributed by atoms with van der Waals surface area (Å²) in [5.74, 6) is 1.90. The van der Waals surface area contributed by atoms with Crippen molar-refractivity contribution in [1.82, 2.24) is 14.2 Å². The van der Waals surface area contributed by atoms with Crippen molar-refractivity contribution >= 4 is 32.7 Å². The maximum atomic E-state index is 13.1. The van der Waals surface area contributed by atoms with Crippen molar-refractivity contribution in [2.24, 2.45) is 11.8 Å². The van der Waals surface area contributed by atoms with Gasteiger partial charge in [0.1, 0.15) is 5.82 Å². The van der Waals surface area contributed by atoms with Crippen LogP contribution in [0.5, 0.6) is 0 Å². The molecule has 2 aromatic rings. The van der Waals surface area contributed by atoms with Gasteiger partial charge in [-0.15, -0.1) is 0 Å². The second-order valence-electron chi connectivity index (χ2n) is 10.3. The maximum absolute atomic E-state index is 13.1. The van der Waals surface area contributed by atoms with Gasteiger partial charge in [0.15, 0.2) is 0 Å². The first-order valence-electron chi connectivity index (χ1n) is 12.9. The molecule has 1 aromatic carbocycles. The normalized spacial score (nSPS) is 23.4. The third-order valence-electron chi connectivity index (χ3n) is 7.79. The van der Waals surface area contributed by atoms with Crippen molar-refractivity contribution in [3.05, 3.63) is 30.3 Å². The zero-order valence-electron chi connectivity index (χ0n) is 20.2. The van der Waals surface area contributed by atoms with Gasteiger partial charge in [-0.3, -0.25) is 4.79 Å². The van der Waals surface area contributed by atoms with E-state index in [1.807, 2.05) is 18.2 Å². The summed E-state index contributed by atoms with van der Waals surface area (Å²) in [7, 11) is -3.46. The van der Waals surface area contributed by atoms with Crippen molar-refractivity contribution in [2.45, 2.75) is 56.8 Å². The lowest BCUT2D eigenvalue weighted by atomic mass is 9.93. The highest BCUT2D eigenvalue weighted by atomic mass is 32.2. The first-order valence-corrected chi connectivity index (χ1v) is 14.3. The first kappa shape index (κ1) is 23.5. The molecule has 0 bridgehead atoms. The summed E-state index contributed by atoms with van der Waals surface area (Å²) < 4.78 is 27.7. The SMILES string of the molecule is CC1CCN(C(=O)[C@@H]2CCCN(c3ccc4cc(S(=O)(=O)N5CCCCC5)ccc4n3)C2)CC1. The van der Waals surface area contributed by atoms with Gasteiger partial charge >= 0.3 is 0 Å². The molecule has 7 nitrogen and oxygen atoms in total. The van der Waals surface area contributed by atoms with Gasteiger partial charge in [-0.05, 0) is 74.8 Å². The van der Waals surface area contributed by atoms with Crippen molar-refractivity contribution in [1.29, 1.82) is 0 Å². The number of nitrogens with zero attached hydrogens (tertiary/aromatic N) is 4. The molecule has 1 aromatic heterocycles. The summed E-state index contributed by atoms with van der Waals surface area (Å²) in [5, 5.41) is 0.828. The van der Waals surface area contributed by atoms with Crippen LogP contribution in [0, 0.1) is 11.8 Å². The minimum Gasteiger partial charge on any atom is -0.356 e. The van der Waals surface area contributed by atoms with Gasteiger partial charge in [-0.2, -0.15) is 4.31 Å². The molecule has 5 rings (SSSR count). The third kappa shape index (κ3) is 4.80. The molecule has 1 amide bonds. The Kier molecular flexibility index (Phi) is 6.80. The smallest absolute Gasteiger partial charge is 0.243 e. The summed E-state index contributed by atoms with van der Waals surface area (Å²) in [6.45, 7) is 6.82. The van der Waals surface area contributed by atoms with Crippen LogP contribution in [0.1, 0.15) is 51.9 Å². The monoisotopic (exact) mass is 484 g/mol. The molecule has 0 spiro atoms. The summed E-state index contributed by atoms with van der Waals surface area (Å²) in [5.41, 5.74) is 0.786. The highest BCUT2D eigenvalue weighted by molar-refractivity contribution is 7.89. The predicted octanol–water partition coefficient (Wildman–Crippen LogP) is 3.88. The van der Waals surface area contributed by atoms with Crippen LogP contribution in [-0.4, -0.2) is 67.8 Å². The van der Waals surface area contributed by atoms with E-state index in [0.717, 1.165) is 81.3 Å². The number of carbonyl (C=O) groups is 1. The minimum atomic E-state index is -3.46. The molecule has 0 unspecified atom stereocenters. The highest BCUT2D eigenvalue weighted by Gasteiger charge is 2.31. The van der Waals surface area contributed by atoms with Crippen LogP contribution in [0.25, 0.3) is 10.9 Å². The molecular weight excluding hydrogens is 448 g/mol. The summed E-state index contributed by atoms with van der Waals surface area (Å²) in [6.07, 6.45) is 7.06. The Morgan fingerprint density at radius 2 is 1.68 bits per heavy atom. The lowest BCUT2D eigenvalue weighted by Gasteiger charge is -2.37. The van der Waals surface area contributed by atoms with E-state index < -0.39 is 10.0 Å². The molecule has 3 saturated heterocycles. The Labute approximate surface area is 203 Å². The number of anilines is 1. The lowest BCUT2D eigenvalue weighted by molar-refractivity contribution is -0.137. The summed E-state index contributed by atoms with van der Waals surface area (Å²) in [4.78, 5) is 22.6. The molecule has 8 heteroatoms. The number of pyridine rings is 1. The zero-order chi connectivity index (χ0) is 23.7. The van der Waals surface area contributed by atoms with Gasteiger partial charge in [-0.25, -0.2) is 13.4 Å². The number of benzene rings is 1. The van der Waals surface area contributed by atoms with E-state index in [9.17, 15) is 13.2 Å². The van der Waals surface area contributed by atoms with E-state index in [4.69, 9.17) is 4.98 Å². The maximum Gasteiger partial charge on any atom is 0.243 e. The largest absolute Gasteiger partial charge is 0.356 e. The number of likely N-dealkylation sites (tertiary alicyclic amines) is 1. The van der Waals surface area contributed by atoms with E-state index in [1.54, 1.807) is 16.4 Å². The standard InChI is InChI=1S/C26H36N4O3S/c1-20-11-16-28(17-12-20)26(31)22-6-5-13-29(19-22)25-10-7-21-18-23(8-9-24(21)27-25)34(32,33)30-14-3-2-4-15-30/h7-10,18,20,22H,2-6,11-17,19H2,1H3/t22-/m1/s1. The molecule has 184 valence electrons. The van der Waals surface area contributed by atoms with E-state index >= 15 is 0 Å². The average molecular weight is 485 g/mol. The van der Waals surface area contributed by atoms with E-state index in [1.165, 1.54) is 0 Å². The number of hydrogen-bond donors (Lipinski definition) is 0. The van der Waals surface area contributed by atoms with Crippen molar-refractivity contribution in [2.75, 3.05) is 44.2 Å². The Morgan fingerprint density at radius 3 is 2.44 bits per heavy atom. The van der Waals surface area contributed by atoms with E-state index in [-0.39, 0.29) is 5.92 Å². The Morgan fingerprint density at radius 1 is 0.912 bits per heavy atom. The fraction of sp³-hybridized carbons (Fsp3) is 0.615. The highest BCUT2D eigenvalue weighted by Crippen LogP contribution is 2.28. The Hall–Kier alpha value is -2.19. The first-order chi connectivity index (χ1) is 16.4. The van der Waals surface area contributed by atoms with Gasteiger partial charge in [0, 0.05) is 44.7 Å². The number of rotatable bonds is 4. The quantitative estimate of drug-likeness (QED) is 0.658. The predicted molar refractivity (Wildman–Crippen MR) is 134 cm³/mol. The van der Waals surface area contributed by atoms with Crippen molar-refractivity contribution < 1.29 is 13.2 Å². The van der Waals surface area contributed by atoms with Gasteiger partial charge in [-0.1, -0.05) is 13.3 Å². The Bertz CT molecular complexity index is 1140. The van der Waals surface area contributed by atoms with Crippen LogP contribution < -0.4 is 4.90 Å². The van der Waals surface area contributed by atoms with Crippen molar-refractivity contribution in [3.8, 4) is 0 Å². The van der Waals surface area contributed by atoms with Crippen LogP contribution in [0.2, 0.25) is 0 Å². The van der Waals surface area contributed by atoms with Crippen LogP contribution >= 0.6 is 0 Å². The molecule has 3 aliphatic rings. The van der Waals surface area contributed by atoms with E-state index in [0.29, 0.717) is 36.4 Å². The van der Waals surface area contributed by atoms with Gasteiger partial charge in [0.05, 0.1) is 16.3 Å². The lowest BCUT2D eigenvalue weighted by Crippen LogP contribution is -2.47. The molecule has 0 saturated carbocycles. The molecule has 0 N–H and O–H groups in total. The molecule has 0 radical (unpaired) electrons. The van der Waals surface area contributed by atoms with Crippen LogP contribution in [-0.2, 0) is 14.8 Å². The van der Waals surface area contributed by atoms with Crippen LogP contribution in [0.3, 0.4) is 0 Å². The van der Waals surface area contributed by atoms with E-state index in [2.05, 4.69) is 16.7 Å². The fourth-order valence-electron chi connectivity index (χ4n) is 5.56. The second kappa shape index (κ2) is 9.82. The summed E-state index contributed by atoms with van der Waals surface area (Å²) in [6, 6.07) is 9.18. The second-order valence-corrected chi connectivity index (χ2v) is 12.2. The number of amides is 1. The molecule has 0 aliphatic carbocycles. The number of piperidine rings is 3. The average Bonchev–Trinajstić information content (AvgIpc) is 2.88. The van der Waals surface area contributed by atoms with Gasteiger partial charge < -0.3 is 9.80 Å². The molecule has 34 heavy (non-hydrogen) atoms. The number of carbonyl (C=O) groups excluding carboxylic acids is 1. The minimum absolute atomic E-state index is 0.0247. The van der Waals surface area contributed by atoms with Gasteiger partial charge in [0.25, 0.3) is 0 Å². The van der Waals surface area contributed by atoms with Crippen molar-refractivity contribution in [3.63, 3.8) is 0 Å². The van der Waals surface area contributed by atoms with Crippen LogP contribution in [0.15, 0.2) is 35.2 Å². The molecule has 3 aliphatic heterocycles. The molecular formula is C26H36N4O3S. The number of sulfonamides is 1. The van der Waals surface area contributed by atoms with Gasteiger partial charge in [0.2, 0.25) is 15.9 Å². The zero-order valence-corrected chi connectivity index (χ0v) is 21.0. The topological polar surface area (TPSA) is 73.8 Å². The number of hydrogen-bond acceptors (Lipinski definition) is 5. The molecule has 3 fully saturated rings. The third-order valence-corrected chi connectivity index (χ3v) is 9.68. The number of fused-ring (bicyclic) bond motifs is 1.